The zero-order valence-corrected chi connectivity index (χ0v) is 13.1. The van der Waals surface area contributed by atoms with Crippen molar-refractivity contribution in [2.24, 2.45) is 0 Å². The maximum absolute atomic E-state index is 12.4. The molecule has 1 aromatic rings. The highest BCUT2D eigenvalue weighted by atomic mass is 19.4. The Balaban J connectivity index is 1.95. The molecule has 0 N–H and O–H groups in total. The fourth-order valence-electron chi connectivity index (χ4n) is 3.57. The Morgan fingerprint density at radius 3 is 2.30 bits per heavy atom. The van der Waals surface area contributed by atoms with Gasteiger partial charge in [-0.2, -0.15) is 0 Å². The van der Waals surface area contributed by atoms with Crippen LogP contribution in [-0.4, -0.2) is 6.36 Å². The van der Waals surface area contributed by atoms with Gasteiger partial charge >= 0.3 is 6.36 Å². The molecule has 1 nitrogen and oxygen atoms in total. The Morgan fingerprint density at radius 1 is 0.870 bits per heavy atom. The molecule has 0 heterocycles. The molecule has 0 spiro atoms. The van der Waals surface area contributed by atoms with E-state index in [9.17, 15) is 13.2 Å². The first-order valence-electron chi connectivity index (χ1n) is 8.30. The first-order valence-corrected chi connectivity index (χ1v) is 8.30. The van der Waals surface area contributed by atoms with E-state index in [2.05, 4.69) is 10.8 Å². The van der Waals surface area contributed by atoms with Crippen molar-refractivity contribution in [3.63, 3.8) is 0 Å². The van der Waals surface area contributed by atoms with Crippen molar-refractivity contribution in [1.29, 1.82) is 0 Å². The number of hydrogen-bond acceptors (Lipinski definition) is 1. The highest BCUT2D eigenvalue weighted by Gasteiger charge is 2.31. The van der Waals surface area contributed by atoms with Gasteiger partial charge in [0.2, 0.25) is 0 Å². The fourth-order valence-corrected chi connectivity index (χ4v) is 3.57. The average molecular weight is 322 g/mol. The minimum Gasteiger partial charge on any atom is -0.406 e. The van der Waals surface area contributed by atoms with Gasteiger partial charge in [0, 0.05) is 0 Å². The Hall–Kier alpha value is -1.71. The summed E-state index contributed by atoms with van der Waals surface area (Å²) < 4.78 is 41.4. The number of ether oxygens (including phenoxy) is 1. The predicted molar refractivity (Wildman–Crippen MR) is 85.1 cm³/mol. The quantitative estimate of drug-likeness (QED) is 0.624. The fraction of sp³-hybridized carbons (Fsp3) is 0.474. The smallest absolute Gasteiger partial charge is 0.406 e. The molecule has 0 saturated carbocycles. The molecule has 23 heavy (non-hydrogen) atoms. The summed E-state index contributed by atoms with van der Waals surface area (Å²) in [5.74, 6) is -0.134. The monoisotopic (exact) mass is 322 g/mol. The van der Waals surface area contributed by atoms with Gasteiger partial charge in [0.1, 0.15) is 5.75 Å². The third kappa shape index (κ3) is 4.18. The molecule has 0 radical (unpaired) electrons. The Kier molecular flexibility index (Phi) is 4.79. The Bertz CT molecular complexity index is 626. The van der Waals surface area contributed by atoms with Crippen molar-refractivity contribution in [3.8, 4) is 5.75 Å². The molecule has 0 saturated heterocycles. The number of hydrogen-bond donors (Lipinski definition) is 0. The van der Waals surface area contributed by atoms with Crippen LogP contribution in [0.15, 0.2) is 41.5 Å². The van der Waals surface area contributed by atoms with Gasteiger partial charge in [-0.3, -0.25) is 0 Å². The lowest BCUT2D eigenvalue weighted by Crippen LogP contribution is -2.17. The van der Waals surface area contributed by atoms with Crippen LogP contribution in [0.25, 0.3) is 5.57 Å². The molecule has 0 atom stereocenters. The second kappa shape index (κ2) is 6.81. The van der Waals surface area contributed by atoms with E-state index in [0.29, 0.717) is 0 Å². The van der Waals surface area contributed by atoms with Crippen LogP contribution in [0.3, 0.4) is 0 Å². The molecule has 0 bridgehead atoms. The van der Waals surface area contributed by atoms with Gasteiger partial charge in [0.25, 0.3) is 0 Å². The van der Waals surface area contributed by atoms with Gasteiger partial charge in [-0.05, 0) is 85.8 Å². The van der Waals surface area contributed by atoms with Crippen LogP contribution < -0.4 is 4.74 Å². The highest BCUT2D eigenvalue weighted by molar-refractivity contribution is 5.74. The molecular weight excluding hydrogens is 301 g/mol. The molecule has 3 rings (SSSR count). The van der Waals surface area contributed by atoms with Crippen LogP contribution in [0, 0.1) is 0 Å². The van der Waals surface area contributed by atoms with E-state index in [4.69, 9.17) is 0 Å². The van der Waals surface area contributed by atoms with Gasteiger partial charge in [-0.15, -0.1) is 13.2 Å². The molecule has 2 aliphatic carbocycles. The summed E-state index contributed by atoms with van der Waals surface area (Å²) in [5.41, 5.74) is 4.85. The summed E-state index contributed by atoms with van der Waals surface area (Å²) in [4.78, 5) is 0. The van der Waals surface area contributed by atoms with E-state index in [0.717, 1.165) is 44.1 Å². The summed E-state index contributed by atoms with van der Waals surface area (Å²) in [6.45, 7) is 0. The largest absolute Gasteiger partial charge is 0.573 e. The molecule has 0 fully saturated rings. The molecule has 0 aromatic heterocycles. The highest BCUT2D eigenvalue weighted by Crippen LogP contribution is 2.40. The van der Waals surface area contributed by atoms with Crippen LogP contribution in [0.5, 0.6) is 5.75 Å². The van der Waals surface area contributed by atoms with E-state index in [1.165, 1.54) is 41.7 Å². The third-order valence-corrected chi connectivity index (χ3v) is 4.56. The topological polar surface area (TPSA) is 9.23 Å². The number of halogens is 3. The molecule has 124 valence electrons. The number of allylic oxidation sites excluding steroid dienone is 4. The van der Waals surface area contributed by atoms with Crippen LogP contribution in [0.4, 0.5) is 13.2 Å². The summed E-state index contributed by atoms with van der Waals surface area (Å²) in [6, 6.07) is 6.43. The van der Waals surface area contributed by atoms with Crippen molar-refractivity contribution < 1.29 is 17.9 Å². The van der Waals surface area contributed by atoms with Crippen molar-refractivity contribution >= 4 is 5.57 Å². The van der Waals surface area contributed by atoms with E-state index in [-0.39, 0.29) is 5.75 Å². The zero-order chi connectivity index (χ0) is 16.3. The van der Waals surface area contributed by atoms with E-state index in [1.54, 1.807) is 6.07 Å². The molecule has 0 unspecified atom stereocenters. The lowest BCUT2D eigenvalue weighted by molar-refractivity contribution is -0.274. The minimum atomic E-state index is -4.64. The van der Waals surface area contributed by atoms with Gasteiger partial charge < -0.3 is 4.74 Å². The molecular formula is C19H21F3O. The van der Waals surface area contributed by atoms with Crippen LogP contribution in [-0.2, 0) is 0 Å². The predicted octanol–water partition coefficient (Wildman–Crippen LogP) is 6.41. The van der Waals surface area contributed by atoms with Crippen LogP contribution in [0.1, 0.15) is 56.9 Å². The SMILES string of the molecule is FC(F)(F)Oc1cccc(C2=C(C3=CCCCC3)CCCC2)c1. The van der Waals surface area contributed by atoms with Crippen molar-refractivity contribution in [2.75, 3.05) is 0 Å². The van der Waals surface area contributed by atoms with Gasteiger partial charge in [0.15, 0.2) is 0 Å². The number of alkyl halides is 3. The molecule has 0 aliphatic heterocycles. The number of rotatable bonds is 3. The minimum absolute atomic E-state index is 0.134. The van der Waals surface area contributed by atoms with E-state index >= 15 is 0 Å². The average Bonchev–Trinajstić information content (AvgIpc) is 2.54. The summed E-state index contributed by atoms with van der Waals surface area (Å²) in [5, 5.41) is 0. The van der Waals surface area contributed by atoms with E-state index in [1.807, 2.05) is 6.07 Å². The van der Waals surface area contributed by atoms with Crippen molar-refractivity contribution in [2.45, 2.75) is 57.7 Å². The van der Waals surface area contributed by atoms with Gasteiger partial charge in [0.05, 0.1) is 0 Å². The Morgan fingerprint density at radius 2 is 1.61 bits per heavy atom. The second-order valence-corrected chi connectivity index (χ2v) is 6.21. The maximum atomic E-state index is 12.4. The Labute approximate surface area is 134 Å². The third-order valence-electron chi connectivity index (χ3n) is 4.56. The van der Waals surface area contributed by atoms with Crippen LogP contribution >= 0.6 is 0 Å². The molecule has 1 aromatic carbocycles. The molecule has 0 amide bonds. The van der Waals surface area contributed by atoms with Crippen molar-refractivity contribution in [3.05, 3.63) is 47.1 Å². The number of benzene rings is 1. The second-order valence-electron chi connectivity index (χ2n) is 6.21. The summed E-state index contributed by atoms with van der Waals surface area (Å²) in [6.07, 6.45) is 6.55. The maximum Gasteiger partial charge on any atom is 0.573 e. The van der Waals surface area contributed by atoms with Gasteiger partial charge in [-0.1, -0.05) is 18.2 Å². The standard InChI is InChI=1S/C19H21F3O/c20-19(21,22)23-16-10-6-9-15(13-16)18-12-5-4-11-17(18)14-7-2-1-3-8-14/h6-7,9-10,13H,1-5,8,11-12H2. The normalized spacial score (nSPS) is 19.5. The first-order chi connectivity index (χ1) is 11.0. The van der Waals surface area contributed by atoms with Crippen molar-refractivity contribution in [1.82, 2.24) is 0 Å². The molecule has 2 aliphatic rings. The van der Waals surface area contributed by atoms with Gasteiger partial charge in [-0.25, -0.2) is 0 Å². The first kappa shape index (κ1) is 16.2. The van der Waals surface area contributed by atoms with Crippen LogP contribution in [0.2, 0.25) is 0 Å². The zero-order valence-electron chi connectivity index (χ0n) is 13.1. The summed E-state index contributed by atoms with van der Waals surface area (Å²) >= 11 is 0. The lowest BCUT2D eigenvalue weighted by Gasteiger charge is -2.25. The lowest BCUT2D eigenvalue weighted by atomic mass is 9.80. The van der Waals surface area contributed by atoms with E-state index < -0.39 is 6.36 Å². The summed E-state index contributed by atoms with van der Waals surface area (Å²) in [7, 11) is 0. The molecule has 4 heteroatoms.